The van der Waals surface area contributed by atoms with Gasteiger partial charge in [-0.1, -0.05) is 6.92 Å². The van der Waals surface area contributed by atoms with Crippen molar-refractivity contribution in [1.29, 1.82) is 0 Å². The lowest BCUT2D eigenvalue weighted by Gasteiger charge is -2.35. The number of nitrogens with one attached hydrogen (secondary N) is 1. The van der Waals surface area contributed by atoms with Crippen LogP contribution >= 0.6 is 0 Å². The summed E-state index contributed by atoms with van der Waals surface area (Å²) in [4.78, 5) is 35.5. The van der Waals surface area contributed by atoms with E-state index in [4.69, 9.17) is 10.8 Å². The van der Waals surface area contributed by atoms with E-state index in [2.05, 4.69) is 5.32 Å². The highest BCUT2D eigenvalue weighted by Gasteiger charge is 2.29. The van der Waals surface area contributed by atoms with Gasteiger partial charge in [0.05, 0.1) is 6.42 Å². The minimum absolute atomic E-state index is 0.136. The molecule has 1 rings (SSSR count). The number of amides is 3. The lowest BCUT2D eigenvalue weighted by Crippen LogP contribution is -2.53. The van der Waals surface area contributed by atoms with Crippen LogP contribution in [0.15, 0.2) is 0 Å². The number of nitrogens with two attached hydrogens (primary N) is 1. The average Bonchev–Trinajstić information content (AvgIpc) is 2.37. The average molecular weight is 271 g/mol. The maximum absolute atomic E-state index is 12.1. The Morgan fingerprint density at radius 2 is 2.11 bits per heavy atom. The highest BCUT2D eigenvalue weighted by atomic mass is 16.4. The third kappa shape index (κ3) is 4.42. The third-order valence-corrected chi connectivity index (χ3v) is 3.36. The molecule has 4 N–H and O–H groups in total. The normalized spacial score (nSPS) is 20.7. The molecule has 2 atom stereocenters. The second kappa shape index (κ2) is 6.96. The third-order valence-electron chi connectivity index (χ3n) is 3.36. The van der Waals surface area contributed by atoms with Gasteiger partial charge in [0.1, 0.15) is 6.04 Å². The fourth-order valence-electron chi connectivity index (χ4n) is 2.33. The standard InChI is InChI=1S/C12H21N3O4/c1-2-8-5-3-4-6-15(8)12(19)14-9(11(17)18)7-10(13)16/h8-9H,2-7H2,1H3,(H2,13,16)(H,14,19)(H,17,18). The smallest absolute Gasteiger partial charge is 0.326 e. The van der Waals surface area contributed by atoms with Crippen molar-refractivity contribution in [2.45, 2.75) is 51.1 Å². The van der Waals surface area contributed by atoms with E-state index in [0.29, 0.717) is 6.54 Å². The molecule has 19 heavy (non-hydrogen) atoms. The molecule has 0 saturated carbocycles. The number of carboxylic acid groups (broad SMARTS) is 1. The molecule has 1 aliphatic rings. The van der Waals surface area contributed by atoms with E-state index < -0.39 is 30.4 Å². The minimum atomic E-state index is -1.26. The van der Waals surface area contributed by atoms with Crippen LogP contribution in [0.1, 0.15) is 39.0 Å². The Bertz CT molecular complexity index is 359. The van der Waals surface area contributed by atoms with Gasteiger partial charge in [0.25, 0.3) is 0 Å². The van der Waals surface area contributed by atoms with Gasteiger partial charge in [-0.2, -0.15) is 0 Å². The molecule has 0 aromatic rings. The van der Waals surface area contributed by atoms with Crippen molar-refractivity contribution in [3.05, 3.63) is 0 Å². The van der Waals surface area contributed by atoms with Crippen LogP contribution in [0.4, 0.5) is 4.79 Å². The minimum Gasteiger partial charge on any atom is -0.480 e. The van der Waals surface area contributed by atoms with Crippen molar-refractivity contribution >= 4 is 17.9 Å². The van der Waals surface area contributed by atoms with Gasteiger partial charge in [-0.05, 0) is 25.7 Å². The monoisotopic (exact) mass is 271 g/mol. The zero-order valence-electron chi connectivity index (χ0n) is 11.1. The summed E-state index contributed by atoms with van der Waals surface area (Å²) in [5.41, 5.74) is 4.97. The molecule has 0 radical (unpaired) electrons. The molecule has 2 unspecified atom stereocenters. The number of rotatable bonds is 5. The van der Waals surface area contributed by atoms with Crippen molar-refractivity contribution in [3.63, 3.8) is 0 Å². The quantitative estimate of drug-likeness (QED) is 0.667. The Kier molecular flexibility index (Phi) is 5.59. The lowest BCUT2D eigenvalue weighted by atomic mass is 10.0. The molecule has 7 heteroatoms. The van der Waals surface area contributed by atoms with E-state index in [9.17, 15) is 14.4 Å². The summed E-state index contributed by atoms with van der Waals surface area (Å²) in [5, 5.41) is 11.3. The molecule has 3 amide bonds. The molecule has 7 nitrogen and oxygen atoms in total. The molecule has 1 heterocycles. The molecule has 0 aromatic heterocycles. The number of likely N-dealkylation sites (tertiary alicyclic amines) is 1. The second-order valence-electron chi connectivity index (χ2n) is 4.76. The summed E-state index contributed by atoms with van der Waals surface area (Å²) < 4.78 is 0. The topological polar surface area (TPSA) is 113 Å². The van der Waals surface area contributed by atoms with Crippen molar-refractivity contribution in [1.82, 2.24) is 10.2 Å². The SMILES string of the molecule is CCC1CCCCN1C(=O)NC(CC(N)=O)C(=O)O. The zero-order valence-corrected chi connectivity index (χ0v) is 11.1. The Morgan fingerprint density at radius 3 is 2.63 bits per heavy atom. The summed E-state index contributed by atoms with van der Waals surface area (Å²) in [5.74, 6) is -2.00. The van der Waals surface area contributed by atoms with Gasteiger partial charge in [0.2, 0.25) is 5.91 Å². The van der Waals surface area contributed by atoms with Gasteiger partial charge >= 0.3 is 12.0 Å². The molecule has 0 bridgehead atoms. The molecule has 1 aliphatic heterocycles. The maximum Gasteiger partial charge on any atom is 0.326 e. The lowest BCUT2D eigenvalue weighted by molar-refractivity contribution is -0.141. The van der Waals surface area contributed by atoms with Crippen LogP contribution in [0.25, 0.3) is 0 Å². The number of carbonyl (C=O) groups excluding carboxylic acids is 2. The van der Waals surface area contributed by atoms with Gasteiger partial charge in [0, 0.05) is 12.6 Å². The van der Waals surface area contributed by atoms with Gasteiger partial charge in [0.15, 0.2) is 0 Å². The van der Waals surface area contributed by atoms with E-state index in [1.807, 2.05) is 6.92 Å². The highest BCUT2D eigenvalue weighted by molar-refractivity contribution is 5.87. The number of carbonyl (C=O) groups is 3. The fraction of sp³-hybridized carbons (Fsp3) is 0.750. The summed E-state index contributed by atoms with van der Waals surface area (Å²) in [7, 11) is 0. The number of piperidine rings is 1. The molecule has 0 spiro atoms. The van der Waals surface area contributed by atoms with E-state index in [1.54, 1.807) is 4.90 Å². The van der Waals surface area contributed by atoms with Crippen molar-refractivity contribution < 1.29 is 19.5 Å². The Labute approximate surface area is 112 Å². The first-order chi connectivity index (χ1) is 8.95. The summed E-state index contributed by atoms with van der Waals surface area (Å²) in [6, 6.07) is -1.55. The Balaban J connectivity index is 2.64. The second-order valence-corrected chi connectivity index (χ2v) is 4.76. The summed E-state index contributed by atoms with van der Waals surface area (Å²) >= 11 is 0. The van der Waals surface area contributed by atoms with E-state index in [-0.39, 0.29) is 6.04 Å². The van der Waals surface area contributed by atoms with Gasteiger partial charge < -0.3 is 21.1 Å². The fourth-order valence-corrected chi connectivity index (χ4v) is 2.33. The molecule has 108 valence electrons. The van der Waals surface area contributed by atoms with Crippen molar-refractivity contribution in [2.24, 2.45) is 5.73 Å². The van der Waals surface area contributed by atoms with Crippen LogP contribution in [0.3, 0.4) is 0 Å². The highest BCUT2D eigenvalue weighted by Crippen LogP contribution is 2.19. The van der Waals surface area contributed by atoms with Crippen molar-refractivity contribution in [2.75, 3.05) is 6.54 Å². The van der Waals surface area contributed by atoms with Gasteiger partial charge in [-0.15, -0.1) is 0 Å². The first kappa shape index (κ1) is 15.3. The molecule has 1 fully saturated rings. The van der Waals surface area contributed by atoms with Crippen LogP contribution in [0.5, 0.6) is 0 Å². The molecular weight excluding hydrogens is 250 g/mol. The van der Waals surface area contributed by atoms with Crippen LogP contribution in [-0.4, -0.2) is 46.5 Å². The number of carboxylic acids is 1. The van der Waals surface area contributed by atoms with Crippen LogP contribution < -0.4 is 11.1 Å². The Morgan fingerprint density at radius 1 is 1.42 bits per heavy atom. The van der Waals surface area contributed by atoms with Crippen LogP contribution in [0.2, 0.25) is 0 Å². The largest absolute Gasteiger partial charge is 0.480 e. The van der Waals surface area contributed by atoms with Gasteiger partial charge in [-0.3, -0.25) is 4.79 Å². The van der Waals surface area contributed by atoms with Crippen molar-refractivity contribution in [3.8, 4) is 0 Å². The molecular formula is C12H21N3O4. The number of aliphatic carboxylic acids is 1. The Hall–Kier alpha value is -1.79. The molecule has 0 aromatic carbocycles. The number of urea groups is 1. The van der Waals surface area contributed by atoms with E-state index in [0.717, 1.165) is 25.7 Å². The summed E-state index contributed by atoms with van der Waals surface area (Å²) in [6.07, 6.45) is 3.35. The summed E-state index contributed by atoms with van der Waals surface area (Å²) in [6.45, 7) is 2.61. The first-order valence-corrected chi connectivity index (χ1v) is 6.54. The van der Waals surface area contributed by atoms with Gasteiger partial charge in [-0.25, -0.2) is 9.59 Å². The maximum atomic E-state index is 12.1. The first-order valence-electron chi connectivity index (χ1n) is 6.54. The van der Waals surface area contributed by atoms with Crippen LogP contribution in [-0.2, 0) is 9.59 Å². The van der Waals surface area contributed by atoms with Crippen LogP contribution in [0, 0.1) is 0 Å². The number of nitrogens with zero attached hydrogens (tertiary/aromatic N) is 1. The van der Waals surface area contributed by atoms with E-state index in [1.165, 1.54) is 0 Å². The van der Waals surface area contributed by atoms with E-state index >= 15 is 0 Å². The predicted octanol–water partition coefficient (Wildman–Crippen LogP) is 0.289. The molecule has 0 aliphatic carbocycles. The number of hydrogen-bond donors (Lipinski definition) is 3. The molecule has 1 saturated heterocycles. The number of hydrogen-bond acceptors (Lipinski definition) is 3. The number of primary amides is 1. The zero-order chi connectivity index (χ0) is 14.4. The predicted molar refractivity (Wildman–Crippen MR) is 68.4 cm³/mol.